The Kier molecular flexibility index (Phi) is 7.04. The van der Waals surface area contributed by atoms with E-state index in [1.807, 2.05) is 0 Å². The number of unbranched alkanes of at least 4 members (excludes halogenated alkanes) is 2. The third-order valence-corrected chi connectivity index (χ3v) is 1.52. The van der Waals surface area contributed by atoms with Crippen molar-refractivity contribution in [1.29, 1.82) is 0 Å². The van der Waals surface area contributed by atoms with Gasteiger partial charge in [0.25, 0.3) is 0 Å². The minimum absolute atomic E-state index is 0.0477. The molecule has 0 bridgehead atoms. The zero-order valence-corrected chi connectivity index (χ0v) is 7.86. The molecule has 1 nitrogen and oxygen atoms in total. The molecule has 0 saturated heterocycles. The number of ether oxygens (including phenoxy) is 1. The molecule has 79 valence electrons. The van der Waals surface area contributed by atoms with Crippen LogP contribution in [0.3, 0.4) is 0 Å². The van der Waals surface area contributed by atoms with Gasteiger partial charge in [-0.05, 0) is 12.8 Å². The summed E-state index contributed by atoms with van der Waals surface area (Å²) in [6.07, 6.45) is -1.84. The van der Waals surface area contributed by atoms with E-state index in [9.17, 15) is 13.2 Å². The monoisotopic (exact) mass is 197 g/mol. The van der Waals surface area contributed by atoms with Crippen LogP contribution in [0.5, 0.6) is 0 Å². The maximum Gasteiger partial charge on any atom is 0.389 e. The molecule has 0 fully saturated rings. The summed E-state index contributed by atoms with van der Waals surface area (Å²) in [5, 5.41) is 0. The summed E-state index contributed by atoms with van der Waals surface area (Å²) in [6.45, 7) is 3.82. The highest BCUT2D eigenvalue weighted by Crippen LogP contribution is 2.21. The highest BCUT2D eigenvalue weighted by molar-refractivity contribution is 4.53. The SMILES string of the molecule is CCCC[CH]OCCCC(F)(F)F. The van der Waals surface area contributed by atoms with Crippen LogP contribution in [-0.4, -0.2) is 12.8 Å². The van der Waals surface area contributed by atoms with Crippen LogP contribution < -0.4 is 0 Å². The summed E-state index contributed by atoms with van der Waals surface area (Å²) >= 11 is 0. The average molecular weight is 197 g/mol. The van der Waals surface area contributed by atoms with E-state index in [2.05, 4.69) is 6.92 Å². The molecule has 0 unspecified atom stereocenters. The van der Waals surface area contributed by atoms with Crippen molar-refractivity contribution in [2.75, 3.05) is 6.61 Å². The number of hydrogen-bond acceptors (Lipinski definition) is 1. The Morgan fingerprint density at radius 2 is 1.92 bits per heavy atom. The van der Waals surface area contributed by atoms with Crippen LogP contribution in [0, 0.1) is 6.61 Å². The van der Waals surface area contributed by atoms with Gasteiger partial charge in [0.2, 0.25) is 0 Å². The van der Waals surface area contributed by atoms with Crippen molar-refractivity contribution in [3.8, 4) is 0 Å². The first-order chi connectivity index (χ1) is 6.06. The van der Waals surface area contributed by atoms with E-state index in [-0.39, 0.29) is 13.0 Å². The standard InChI is InChI=1S/C9H16F3O/c1-2-3-4-7-13-8-5-6-9(10,11)12/h7H,2-6,8H2,1H3. The molecule has 0 rings (SSSR count). The Morgan fingerprint density at radius 1 is 1.23 bits per heavy atom. The molecule has 4 heteroatoms. The van der Waals surface area contributed by atoms with E-state index in [0.717, 1.165) is 19.3 Å². The molecule has 1 radical (unpaired) electrons. The number of hydrogen-bond donors (Lipinski definition) is 0. The van der Waals surface area contributed by atoms with Gasteiger partial charge in [-0.1, -0.05) is 19.8 Å². The molecule has 0 aliphatic rings. The van der Waals surface area contributed by atoms with Gasteiger partial charge in [-0.3, -0.25) is 0 Å². The van der Waals surface area contributed by atoms with E-state index in [4.69, 9.17) is 4.74 Å². The van der Waals surface area contributed by atoms with Crippen molar-refractivity contribution in [2.45, 2.75) is 45.2 Å². The van der Waals surface area contributed by atoms with E-state index in [1.165, 1.54) is 0 Å². The summed E-state index contributed by atoms with van der Waals surface area (Å²) in [7, 11) is 0. The summed E-state index contributed by atoms with van der Waals surface area (Å²) in [5.41, 5.74) is 0. The quantitative estimate of drug-likeness (QED) is 0.565. The Bertz CT molecular complexity index is 112. The molecule has 0 amide bonds. The molecule has 0 aromatic carbocycles. The van der Waals surface area contributed by atoms with E-state index in [0.29, 0.717) is 0 Å². The Labute approximate surface area is 77.3 Å². The van der Waals surface area contributed by atoms with Gasteiger partial charge in [-0.15, -0.1) is 0 Å². The first-order valence-corrected chi connectivity index (χ1v) is 4.56. The zero-order valence-electron chi connectivity index (χ0n) is 7.86. The van der Waals surface area contributed by atoms with Crippen molar-refractivity contribution in [2.24, 2.45) is 0 Å². The maximum atomic E-state index is 11.6. The average Bonchev–Trinajstić information content (AvgIpc) is 2.01. The predicted octanol–water partition coefficient (Wildman–Crippen LogP) is 3.70. The second-order valence-corrected chi connectivity index (χ2v) is 2.90. The number of alkyl halides is 3. The van der Waals surface area contributed by atoms with Crippen LogP contribution in [0.15, 0.2) is 0 Å². The van der Waals surface area contributed by atoms with Gasteiger partial charge >= 0.3 is 6.18 Å². The van der Waals surface area contributed by atoms with Gasteiger partial charge in [-0.2, -0.15) is 13.2 Å². The third-order valence-electron chi connectivity index (χ3n) is 1.52. The van der Waals surface area contributed by atoms with Gasteiger partial charge in [-0.25, -0.2) is 0 Å². The molecule has 0 atom stereocenters. The van der Waals surface area contributed by atoms with Crippen LogP contribution in [0.25, 0.3) is 0 Å². The zero-order chi connectivity index (χ0) is 10.2. The normalized spacial score (nSPS) is 12.0. The molecule has 0 aliphatic heterocycles. The molecule has 0 aliphatic carbocycles. The first kappa shape index (κ1) is 12.8. The molecule has 13 heavy (non-hydrogen) atoms. The van der Waals surface area contributed by atoms with Gasteiger partial charge in [0.05, 0.1) is 6.61 Å². The van der Waals surface area contributed by atoms with Crippen LogP contribution in [0.1, 0.15) is 39.0 Å². The molecule has 0 aromatic rings. The highest BCUT2D eigenvalue weighted by Gasteiger charge is 2.25. The molecule has 0 aromatic heterocycles. The molecule has 0 saturated carbocycles. The lowest BCUT2D eigenvalue weighted by Gasteiger charge is -2.05. The fourth-order valence-corrected chi connectivity index (χ4v) is 0.810. The molecule has 0 heterocycles. The van der Waals surface area contributed by atoms with Crippen LogP contribution >= 0.6 is 0 Å². The number of rotatable bonds is 7. The smallest absolute Gasteiger partial charge is 0.376 e. The van der Waals surface area contributed by atoms with Gasteiger partial charge in [0, 0.05) is 13.0 Å². The van der Waals surface area contributed by atoms with Crippen molar-refractivity contribution in [1.82, 2.24) is 0 Å². The molecule has 0 spiro atoms. The Hall–Kier alpha value is -0.250. The second kappa shape index (κ2) is 7.18. The minimum atomic E-state index is -4.05. The maximum absolute atomic E-state index is 11.6. The number of halogens is 3. The van der Waals surface area contributed by atoms with Crippen molar-refractivity contribution >= 4 is 0 Å². The van der Waals surface area contributed by atoms with Gasteiger partial charge < -0.3 is 4.74 Å². The fourth-order valence-electron chi connectivity index (χ4n) is 0.810. The van der Waals surface area contributed by atoms with Gasteiger partial charge in [0.15, 0.2) is 0 Å². The second-order valence-electron chi connectivity index (χ2n) is 2.90. The minimum Gasteiger partial charge on any atom is -0.376 e. The van der Waals surface area contributed by atoms with E-state index >= 15 is 0 Å². The van der Waals surface area contributed by atoms with Crippen molar-refractivity contribution < 1.29 is 17.9 Å². The highest BCUT2D eigenvalue weighted by atomic mass is 19.4. The Balaban J connectivity index is 3.00. The topological polar surface area (TPSA) is 9.23 Å². The summed E-state index contributed by atoms with van der Waals surface area (Å²) in [5.74, 6) is 0. The van der Waals surface area contributed by atoms with Crippen LogP contribution in [0.2, 0.25) is 0 Å². The Morgan fingerprint density at radius 3 is 2.46 bits per heavy atom. The van der Waals surface area contributed by atoms with Crippen molar-refractivity contribution in [3.05, 3.63) is 6.61 Å². The summed E-state index contributed by atoms with van der Waals surface area (Å²) in [6, 6.07) is 0. The lowest BCUT2D eigenvalue weighted by Crippen LogP contribution is -2.08. The van der Waals surface area contributed by atoms with E-state index in [1.54, 1.807) is 6.61 Å². The lowest BCUT2D eigenvalue weighted by molar-refractivity contribution is -0.137. The van der Waals surface area contributed by atoms with Crippen LogP contribution in [-0.2, 0) is 4.74 Å². The molecular weight excluding hydrogens is 181 g/mol. The largest absolute Gasteiger partial charge is 0.389 e. The molecular formula is C9H16F3O. The van der Waals surface area contributed by atoms with E-state index < -0.39 is 12.6 Å². The third kappa shape index (κ3) is 11.8. The lowest BCUT2D eigenvalue weighted by atomic mass is 10.3. The first-order valence-electron chi connectivity index (χ1n) is 4.56. The van der Waals surface area contributed by atoms with Crippen LogP contribution in [0.4, 0.5) is 13.2 Å². The molecule has 0 N–H and O–H groups in total. The summed E-state index contributed by atoms with van der Waals surface area (Å²) < 4.78 is 39.8. The fraction of sp³-hybridized carbons (Fsp3) is 0.889. The van der Waals surface area contributed by atoms with Gasteiger partial charge in [0.1, 0.15) is 0 Å². The predicted molar refractivity (Wildman–Crippen MR) is 45.1 cm³/mol. The van der Waals surface area contributed by atoms with Crippen molar-refractivity contribution in [3.63, 3.8) is 0 Å². The summed E-state index contributed by atoms with van der Waals surface area (Å²) in [4.78, 5) is 0.